The van der Waals surface area contributed by atoms with E-state index >= 15 is 0 Å². The molecule has 0 rings (SSSR count). The van der Waals surface area contributed by atoms with Crippen LogP contribution in [0.15, 0.2) is 0 Å². The zero-order valence-electron chi connectivity index (χ0n) is 4.83. The molecule has 49 valence electrons. The summed E-state index contributed by atoms with van der Waals surface area (Å²) in [5.74, 6) is 0. The molecule has 0 aromatic carbocycles. The molecule has 0 fully saturated rings. The van der Waals surface area contributed by atoms with Crippen molar-refractivity contribution in [3.05, 3.63) is 0 Å². The molecule has 0 heterocycles. The Balaban J connectivity index is -0.0000000133. The van der Waals surface area contributed by atoms with Gasteiger partial charge < -0.3 is 0 Å². The fraction of sp³-hybridized carbons (Fsp3) is 0. The second kappa shape index (κ2) is 13.7. The summed E-state index contributed by atoms with van der Waals surface area (Å²) in [4.78, 5) is 0. The maximum atomic E-state index is 8.58. The van der Waals surface area contributed by atoms with Gasteiger partial charge in [-0.1, -0.05) is 0 Å². The average Bonchev–Trinajstić information content (AvgIpc) is 0.722. The Labute approximate surface area is 138 Å². The Hall–Kier alpha value is 3.17. The van der Waals surface area contributed by atoms with Crippen molar-refractivity contribution in [2.45, 2.75) is 0 Å². The molecule has 0 bridgehead atoms. The Morgan fingerprint density at radius 1 is 0.889 bits per heavy atom. The molecule has 4 nitrogen and oxygen atoms in total. The molecule has 0 radical (unpaired) electrons. The molecule has 0 saturated heterocycles. The second-order valence-corrected chi connectivity index (χ2v) is 1.56. The molecule has 9 heteroatoms. The van der Waals surface area contributed by atoms with Gasteiger partial charge in [0.2, 0.25) is 0 Å². The molecule has 0 atom stereocenters. The van der Waals surface area contributed by atoms with Gasteiger partial charge >= 0.3 is 132 Å². The van der Waals surface area contributed by atoms with Crippen molar-refractivity contribution in [3.8, 4) is 0 Å². The van der Waals surface area contributed by atoms with Crippen LogP contribution in [-0.4, -0.2) is 0 Å². The number of hydrogen-bond donors (Lipinski definition) is 0. The summed E-state index contributed by atoms with van der Waals surface area (Å²) >= 11 is -5.62. The van der Waals surface area contributed by atoms with Crippen molar-refractivity contribution in [3.63, 3.8) is 0 Å². The van der Waals surface area contributed by atoms with E-state index in [0.717, 1.165) is 0 Å². The Bertz CT molecular complexity index is 99.7. The van der Waals surface area contributed by atoms with E-state index in [1.807, 2.05) is 0 Å². The molecule has 0 aliphatic rings. The average molecular weight is 237 g/mol. The Morgan fingerprint density at radius 2 is 0.889 bits per heavy atom. The fourth-order valence-electron chi connectivity index (χ4n) is 0. The van der Waals surface area contributed by atoms with Crippen molar-refractivity contribution in [1.82, 2.24) is 0 Å². The molecule has 0 saturated carbocycles. The van der Waals surface area contributed by atoms with Crippen LogP contribution in [-0.2, 0) is 21.0 Å². The van der Waals surface area contributed by atoms with E-state index in [4.69, 9.17) is 16.0 Å². The quantitative estimate of drug-likeness (QED) is 0.392. The van der Waals surface area contributed by atoms with Gasteiger partial charge in [-0.2, -0.15) is 0 Å². The van der Waals surface area contributed by atoms with Crippen LogP contribution in [0.4, 0.5) is 9.41 Å². The molecule has 9 heavy (non-hydrogen) atoms. The van der Waals surface area contributed by atoms with E-state index in [-0.39, 0.29) is 112 Å². The monoisotopic (exact) mass is 237 g/mol. The zero-order valence-corrected chi connectivity index (χ0v) is 12.3. The second-order valence-electron chi connectivity index (χ2n) is 0.378. The van der Waals surface area contributed by atoms with Gasteiger partial charge in [0.1, 0.15) is 0 Å². The van der Waals surface area contributed by atoms with Crippen LogP contribution in [0.1, 0.15) is 0 Å². The third-order valence-corrected chi connectivity index (χ3v) is 0. The number of halogens is 2. The summed E-state index contributed by atoms with van der Waals surface area (Å²) in [5, 5.41) is 0. The molecule has 0 aliphatic carbocycles. The first-order valence-corrected chi connectivity index (χ1v) is 2.54. The van der Waals surface area contributed by atoms with Crippen molar-refractivity contribution < 1.29 is 142 Å². The summed E-state index contributed by atoms with van der Waals surface area (Å²) in [6.45, 7) is 0. The van der Waals surface area contributed by atoms with Gasteiger partial charge in [0.05, 0.1) is 0 Å². The third-order valence-electron chi connectivity index (χ3n) is 0. The normalized spacial score (nSPS) is 6.44. The first-order chi connectivity index (χ1) is 2.00. The van der Waals surface area contributed by atoms with E-state index in [1.54, 1.807) is 0 Å². The third kappa shape index (κ3) is 93.4. The van der Waals surface area contributed by atoms with E-state index in [2.05, 4.69) is 0 Å². The summed E-state index contributed by atoms with van der Waals surface area (Å²) in [5.41, 5.74) is 0. The first-order valence-electron chi connectivity index (χ1n) is 0.617. The SMILES string of the molecule is F.F.[K+].[K+].[O]=[Mn](=[O])([O-])[O-]. The van der Waals surface area contributed by atoms with E-state index in [1.165, 1.54) is 0 Å². The summed E-state index contributed by atoms with van der Waals surface area (Å²) < 4.78 is 34.3. The van der Waals surface area contributed by atoms with Crippen LogP contribution in [0.3, 0.4) is 0 Å². The molecule has 0 aromatic heterocycles. The zero-order chi connectivity index (χ0) is 4.50. The van der Waals surface area contributed by atoms with Crippen molar-refractivity contribution in [2.24, 2.45) is 0 Å². The van der Waals surface area contributed by atoms with Gasteiger partial charge in [-0.3, -0.25) is 9.41 Å². The van der Waals surface area contributed by atoms with Gasteiger partial charge in [0.15, 0.2) is 0 Å². The molecule has 0 aliphatic heterocycles. The van der Waals surface area contributed by atoms with Crippen LogP contribution in [0.5, 0.6) is 0 Å². The standard InChI is InChI=1S/2FH.2K.Mn.4O/h2*1H;;;;;;;/q;;2*+1;;;;2*-1. The van der Waals surface area contributed by atoms with Crippen LogP contribution in [0.25, 0.3) is 0 Å². The topological polar surface area (TPSA) is 80.3 Å². The van der Waals surface area contributed by atoms with E-state index in [9.17, 15) is 0 Å². The Morgan fingerprint density at radius 3 is 0.889 bits per heavy atom. The summed E-state index contributed by atoms with van der Waals surface area (Å²) in [6.07, 6.45) is 0. The molecule has 0 spiro atoms. The van der Waals surface area contributed by atoms with Crippen LogP contribution >= 0.6 is 0 Å². The minimum atomic E-state index is -5.62. The predicted octanol–water partition coefficient (Wildman–Crippen LogP) is -8.31. The number of hydrogen-bond acceptors (Lipinski definition) is 4. The Kier molecular flexibility index (Phi) is 45.1. The fourth-order valence-corrected chi connectivity index (χ4v) is 0. The van der Waals surface area contributed by atoms with Gasteiger partial charge in [0.25, 0.3) is 0 Å². The van der Waals surface area contributed by atoms with Gasteiger partial charge in [-0.25, -0.2) is 0 Å². The summed E-state index contributed by atoms with van der Waals surface area (Å²) in [6, 6.07) is 0. The molecule has 0 amide bonds. The van der Waals surface area contributed by atoms with Gasteiger partial charge in [-0.15, -0.1) is 0 Å². The van der Waals surface area contributed by atoms with E-state index in [0.29, 0.717) is 0 Å². The predicted molar refractivity (Wildman–Crippen MR) is 6.38 cm³/mol. The van der Waals surface area contributed by atoms with E-state index < -0.39 is 13.4 Å². The minimum absolute atomic E-state index is 0. The molecule has 0 N–H and O–H groups in total. The maximum absolute atomic E-state index is 8.58. The molecular formula is H2F2K2MnO4. The van der Waals surface area contributed by atoms with Crippen LogP contribution in [0.2, 0.25) is 0 Å². The number of rotatable bonds is 0. The molecule has 0 unspecified atom stereocenters. The van der Waals surface area contributed by atoms with Crippen molar-refractivity contribution >= 4 is 0 Å². The van der Waals surface area contributed by atoms with Crippen molar-refractivity contribution in [2.75, 3.05) is 0 Å². The summed E-state index contributed by atoms with van der Waals surface area (Å²) in [7, 11) is 0. The van der Waals surface area contributed by atoms with Crippen LogP contribution < -0.4 is 111 Å². The molecular weight excluding hydrogens is 235 g/mol. The van der Waals surface area contributed by atoms with Gasteiger partial charge in [0, 0.05) is 0 Å². The molecule has 0 aromatic rings. The van der Waals surface area contributed by atoms with Crippen LogP contribution in [0, 0.1) is 0 Å². The van der Waals surface area contributed by atoms with Crippen molar-refractivity contribution in [1.29, 1.82) is 0 Å². The van der Waals surface area contributed by atoms with Gasteiger partial charge in [-0.05, 0) is 0 Å². The first kappa shape index (κ1) is 29.5.